The highest BCUT2D eigenvalue weighted by molar-refractivity contribution is 5.95. The van der Waals surface area contributed by atoms with E-state index >= 15 is 0 Å². The van der Waals surface area contributed by atoms with Crippen molar-refractivity contribution < 1.29 is 19.1 Å². The second-order valence-corrected chi connectivity index (χ2v) is 7.18. The molecule has 0 spiro atoms. The largest absolute Gasteiger partial charge is 0.481 e. The fourth-order valence-corrected chi connectivity index (χ4v) is 4.12. The summed E-state index contributed by atoms with van der Waals surface area (Å²) in [7, 11) is 0. The third-order valence-corrected chi connectivity index (χ3v) is 5.65. The zero-order valence-corrected chi connectivity index (χ0v) is 14.5. The van der Waals surface area contributed by atoms with E-state index in [1.165, 1.54) is 11.0 Å². The van der Waals surface area contributed by atoms with Crippen molar-refractivity contribution in [2.45, 2.75) is 18.9 Å². The van der Waals surface area contributed by atoms with Gasteiger partial charge < -0.3 is 20.2 Å². The zero-order valence-electron chi connectivity index (χ0n) is 14.5. The number of carboxylic acids is 1. The Balaban J connectivity index is 1.48. The molecule has 3 heterocycles. The van der Waals surface area contributed by atoms with Gasteiger partial charge in [0.25, 0.3) is 0 Å². The molecule has 3 aliphatic heterocycles. The van der Waals surface area contributed by atoms with Gasteiger partial charge in [0, 0.05) is 45.0 Å². The fourth-order valence-electron chi connectivity index (χ4n) is 4.12. The second kappa shape index (κ2) is 6.75. The maximum absolute atomic E-state index is 14.8. The molecule has 0 bridgehead atoms. The van der Waals surface area contributed by atoms with E-state index in [0.29, 0.717) is 44.7 Å². The van der Waals surface area contributed by atoms with Crippen LogP contribution in [0.2, 0.25) is 0 Å². The number of carbonyl (C=O) groups is 2. The quantitative estimate of drug-likeness (QED) is 0.849. The lowest BCUT2D eigenvalue weighted by Gasteiger charge is -2.32. The Kier molecular flexibility index (Phi) is 4.44. The lowest BCUT2D eigenvalue weighted by Crippen LogP contribution is -2.49. The number of urea groups is 1. The number of aliphatic carboxylic acids is 1. The zero-order chi connectivity index (χ0) is 18.3. The van der Waals surface area contributed by atoms with Crippen LogP contribution >= 0.6 is 0 Å². The van der Waals surface area contributed by atoms with E-state index < -0.39 is 11.8 Å². The number of amides is 2. The summed E-state index contributed by atoms with van der Waals surface area (Å²) in [6, 6.07) is 4.90. The molecule has 2 N–H and O–H groups in total. The Hall–Kier alpha value is -2.35. The van der Waals surface area contributed by atoms with Crippen LogP contribution in [0.3, 0.4) is 0 Å². The Morgan fingerprint density at radius 3 is 2.65 bits per heavy atom. The summed E-state index contributed by atoms with van der Waals surface area (Å²) in [5.41, 5.74) is 1.05. The topological polar surface area (TPSA) is 76.1 Å². The third kappa shape index (κ3) is 2.98. The number of carboxylic acid groups (broad SMARTS) is 1. The van der Waals surface area contributed by atoms with Crippen LogP contribution in [0.5, 0.6) is 0 Å². The number of piperazine rings is 1. The lowest BCUT2D eigenvalue weighted by molar-refractivity contribution is -0.142. The van der Waals surface area contributed by atoms with Gasteiger partial charge in [0.05, 0.1) is 17.6 Å². The highest BCUT2D eigenvalue weighted by atomic mass is 19.1. The molecule has 1 atom stereocenters. The highest BCUT2D eigenvalue weighted by Gasteiger charge is 2.40. The first kappa shape index (κ1) is 17.1. The molecule has 26 heavy (non-hydrogen) atoms. The summed E-state index contributed by atoms with van der Waals surface area (Å²) < 4.78 is 14.8. The molecule has 3 saturated heterocycles. The van der Waals surface area contributed by atoms with Gasteiger partial charge in [0.15, 0.2) is 0 Å². The van der Waals surface area contributed by atoms with E-state index in [-0.39, 0.29) is 18.0 Å². The molecule has 140 valence electrons. The minimum absolute atomic E-state index is 0.0883. The first-order valence-electron chi connectivity index (χ1n) is 9.11. The molecule has 1 aromatic rings. The molecule has 1 aromatic carbocycles. The van der Waals surface area contributed by atoms with E-state index in [0.717, 1.165) is 18.8 Å². The van der Waals surface area contributed by atoms with Crippen molar-refractivity contribution >= 4 is 23.4 Å². The van der Waals surface area contributed by atoms with Crippen LogP contribution < -0.4 is 15.1 Å². The number of halogens is 1. The minimum Gasteiger partial charge on any atom is -0.481 e. The summed E-state index contributed by atoms with van der Waals surface area (Å²) in [6.45, 7) is 3.84. The van der Waals surface area contributed by atoms with Crippen molar-refractivity contribution in [1.29, 1.82) is 0 Å². The van der Waals surface area contributed by atoms with Crippen molar-refractivity contribution in [2.24, 2.45) is 5.92 Å². The summed E-state index contributed by atoms with van der Waals surface area (Å²) in [5.74, 6) is -1.49. The van der Waals surface area contributed by atoms with Crippen LogP contribution in [0.1, 0.15) is 12.8 Å². The standard InChI is InChI=1S/C18H23FN4O3/c19-15-9-13(21-6-3-12(4-7-21)17(24)25)1-2-16(15)23-11-14-10-20-5-8-22(14)18(23)26/h1-2,9,12,14,20H,3-8,10-11H2,(H,24,25)/t14-/m0/s1. The molecule has 8 heteroatoms. The predicted molar refractivity (Wildman–Crippen MR) is 95.1 cm³/mol. The molecule has 0 saturated carbocycles. The fraction of sp³-hybridized carbons (Fsp3) is 0.556. The Morgan fingerprint density at radius 2 is 2.00 bits per heavy atom. The van der Waals surface area contributed by atoms with Crippen LogP contribution in [0, 0.1) is 11.7 Å². The van der Waals surface area contributed by atoms with Crippen molar-refractivity contribution in [1.82, 2.24) is 10.2 Å². The van der Waals surface area contributed by atoms with Gasteiger partial charge >= 0.3 is 12.0 Å². The number of nitrogens with one attached hydrogen (secondary N) is 1. The Morgan fingerprint density at radius 1 is 1.23 bits per heavy atom. The third-order valence-electron chi connectivity index (χ3n) is 5.65. The number of anilines is 2. The maximum atomic E-state index is 14.8. The molecule has 0 aromatic heterocycles. The van der Waals surface area contributed by atoms with Crippen LogP contribution in [-0.4, -0.2) is 67.3 Å². The van der Waals surface area contributed by atoms with E-state index in [1.807, 2.05) is 11.0 Å². The molecule has 7 nitrogen and oxygen atoms in total. The number of rotatable bonds is 3. The van der Waals surface area contributed by atoms with Gasteiger partial charge in [-0.2, -0.15) is 0 Å². The monoisotopic (exact) mass is 362 g/mol. The average Bonchev–Trinajstić information content (AvgIpc) is 2.98. The molecule has 3 aliphatic rings. The van der Waals surface area contributed by atoms with E-state index in [2.05, 4.69) is 5.32 Å². The highest BCUT2D eigenvalue weighted by Crippen LogP contribution is 2.31. The van der Waals surface area contributed by atoms with Gasteiger partial charge in [-0.3, -0.25) is 9.69 Å². The number of carbonyl (C=O) groups excluding carboxylic acids is 1. The summed E-state index contributed by atoms with van der Waals surface area (Å²) in [4.78, 5) is 29.0. The van der Waals surface area contributed by atoms with Crippen molar-refractivity contribution in [3.8, 4) is 0 Å². The molecule has 0 radical (unpaired) electrons. The SMILES string of the molecule is O=C(O)C1CCN(c2ccc(N3C[C@@H]4CNCCN4C3=O)c(F)c2)CC1. The smallest absolute Gasteiger partial charge is 0.325 e. The minimum atomic E-state index is -0.760. The van der Waals surface area contributed by atoms with E-state index in [9.17, 15) is 14.0 Å². The second-order valence-electron chi connectivity index (χ2n) is 7.18. The number of fused-ring (bicyclic) bond motifs is 1. The number of piperidine rings is 1. The van der Waals surface area contributed by atoms with Crippen molar-refractivity contribution in [3.05, 3.63) is 24.0 Å². The normalized spacial score (nSPS) is 24.1. The van der Waals surface area contributed by atoms with Crippen LogP contribution in [0.25, 0.3) is 0 Å². The first-order valence-corrected chi connectivity index (χ1v) is 9.11. The Bertz CT molecular complexity index is 720. The van der Waals surface area contributed by atoms with Crippen LogP contribution in [-0.2, 0) is 4.79 Å². The summed E-state index contributed by atoms with van der Waals surface area (Å²) in [5, 5.41) is 12.3. The van der Waals surface area contributed by atoms with Gasteiger partial charge in [-0.15, -0.1) is 0 Å². The molecule has 3 fully saturated rings. The van der Waals surface area contributed by atoms with Crippen LogP contribution in [0.4, 0.5) is 20.6 Å². The molecule has 0 aliphatic carbocycles. The molecular weight excluding hydrogens is 339 g/mol. The van der Waals surface area contributed by atoms with Crippen molar-refractivity contribution in [2.75, 3.05) is 49.1 Å². The van der Waals surface area contributed by atoms with E-state index in [4.69, 9.17) is 5.11 Å². The molecular formula is C18H23FN4O3. The molecule has 0 unspecified atom stereocenters. The number of hydrogen-bond donors (Lipinski definition) is 2. The van der Waals surface area contributed by atoms with Gasteiger partial charge in [-0.05, 0) is 31.0 Å². The number of nitrogens with zero attached hydrogens (tertiary/aromatic N) is 3. The van der Waals surface area contributed by atoms with Gasteiger partial charge in [0.2, 0.25) is 0 Å². The lowest BCUT2D eigenvalue weighted by atomic mass is 9.97. The van der Waals surface area contributed by atoms with Gasteiger partial charge in [0.1, 0.15) is 5.82 Å². The first-order chi connectivity index (χ1) is 12.5. The molecule has 2 amide bonds. The van der Waals surface area contributed by atoms with E-state index in [1.54, 1.807) is 11.0 Å². The maximum Gasteiger partial charge on any atom is 0.325 e. The number of benzene rings is 1. The van der Waals surface area contributed by atoms with Crippen LogP contribution in [0.15, 0.2) is 18.2 Å². The average molecular weight is 362 g/mol. The number of hydrogen-bond acceptors (Lipinski definition) is 4. The summed E-state index contributed by atoms with van der Waals surface area (Å²) >= 11 is 0. The van der Waals surface area contributed by atoms with Crippen molar-refractivity contribution in [3.63, 3.8) is 0 Å². The van der Waals surface area contributed by atoms with Gasteiger partial charge in [-0.25, -0.2) is 9.18 Å². The summed E-state index contributed by atoms with van der Waals surface area (Å²) in [6.07, 6.45) is 1.12. The van der Waals surface area contributed by atoms with Gasteiger partial charge in [-0.1, -0.05) is 0 Å². The predicted octanol–water partition coefficient (Wildman–Crippen LogP) is 1.34. The Labute approximate surface area is 151 Å². The molecule has 4 rings (SSSR count).